The largest absolute Gasteiger partial charge is 0.357 e. The molecule has 0 aromatic carbocycles. The SMILES string of the molecule is CCCCCCCCCCCCCCC=CCC1=NCCN1CCN. The number of nitrogens with two attached hydrogens (primary N) is 1. The topological polar surface area (TPSA) is 41.6 Å². The molecule has 0 radical (unpaired) electrons. The molecule has 3 nitrogen and oxygen atoms in total. The summed E-state index contributed by atoms with van der Waals surface area (Å²) in [5.41, 5.74) is 5.64. The summed E-state index contributed by atoms with van der Waals surface area (Å²) in [5.74, 6) is 1.23. The van der Waals surface area contributed by atoms with Crippen LogP contribution in [-0.2, 0) is 0 Å². The molecule has 0 saturated carbocycles. The Morgan fingerprint density at radius 3 is 2.08 bits per heavy atom. The molecule has 0 atom stereocenters. The molecular formula is C22H43N3. The second-order valence-corrected chi connectivity index (χ2v) is 7.43. The van der Waals surface area contributed by atoms with Crippen LogP contribution in [0.1, 0.15) is 96.8 Å². The van der Waals surface area contributed by atoms with Gasteiger partial charge in [0.2, 0.25) is 0 Å². The van der Waals surface area contributed by atoms with Crippen molar-refractivity contribution in [1.29, 1.82) is 0 Å². The standard InChI is InChI=1S/C22H43N3/c1-2-3-4-5-6-7-8-9-10-11-12-13-14-15-16-17-22-24-19-21-25(22)20-18-23/h15-16H,2-14,17-21,23H2,1H3. The summed E-state index contributed by atoms with van der Waals surface area (Å²) in [7, 11) is 0. The Bertz CT molecular complexity index is 349. The van der Waals surface area contributed by atoms with E-state index in [-0.39, 0.29) is 0 Å². The van der Waals surface area contributed by atoms with Crippen LogP contribution in [0.2, 0.25) is 0 Å². The van der Waals surface area contributed by atoms with E-state index in [9.17, 15) is 0 Å². The van der Waals surface area contributed by atoms with E-state index >= 15 is 0 Å². The van der Waals surface area contributed by atoms with E-state index in [0.717, 1.165) is 32.6 Å². The predicted octanol–water partition coefficient (Wildman–Crippen LogP) is 5.70. The molecule has 1 heterocycles. The molecule has 0 saturated heterocycles. The number of hydrogen-bond acceptors (Lipinski definition) is 3. The third kappa shape index (κ3) is 12.2. The van der Waals surface area contributed by atoms with Gasteiger partial charge >= 0.3 is 0 Å². The zero-order valence-corrected chi connectivity index (χ0v) is 16.9. The van der Waals surface area contributed by atoms with E-state index in [2.05, 4.69) is 29.0 Å². The van der Waals surface area contributed by atoms with Crippen molar-refractivity contribution in [1.82, 2.24) is 4.90 Å². The van der Waals surface area contributed by atoms with E-state index in [1.165, 1.54) is 89.3 Å². The van der Waals surface area contributed by atoms with Crippen molar-refractivity contribution in [3.05, 3.63) is 12.2 Å². The molecule has 0 spiro atoms. The summed E-state index contributed by atoms with van der Waals surface area (Å²) in [5, 5.41) is 0. The number of unbranched alkanes of at least 4 members (excludes halogenated alkanes) is 12. The Morgan fingerprint density at radius 2 is 1.48 bits per heavy atom. The van der Waals surface area contributed by atoms with Gasteiger partial charge in [0.25, 0.3) is 0 Å². The van der Waals surface area contributed by atoms with Gasteiger partial charge in [-0.05, 0) is 12.8 Å². The zero-order valence-electron chi connectivity index (χ0n) is 16.9. The molecule has 0 aliphatic carbocycles. The van der Waals surface area contributed by atoms with Crippen molar-refractivity contribution in [2.24, 2.45) is 10.7 Å². The second kappa shape index (κ2) is 16.6. The van der Waals surface area contributed by atoms with Gasteiger partial charge in [0.1, 0.15) is 5.84 Å². The Labute approximate surface area is 157 Å². The van der Waals surface area contributed by atoms with E-state index in [4.69, 9.17) is 5.73 Å². The fourth-order valence-electron chi connectivity index (χ4n) is 3.53. The molecule has 1 aliphatic heterocycles. The van der Waals surface area contributed by atoms with Crippen molar-refractivity contribution in [2.75, 3.05) is 26.2 Å². The minimum absolute atomic E-state index is 0.724. The van der Waals surface area contributed by atoms with Crippen molar-refractivity contribution >= 4 is 5.84 Å². The van der Waals surface area contributed by atoms with E-state index in [0.29, 0.717) is 0 Å². The summed E-state index contributed by atoms with van der Waals surface area (Å²) in [4.78, 5) is 6.90. The van der Waals surface area contributed by atoms with Gasteiger partial charge in [0, 0.05) is 26.1 Å². The Balaban J connectivity index is 1.82. The minimum Gasteiger partial charge on any atom is -0.357 e. The average Bonchev–Trinajstić information content (AvgIpc) is 3.06. The van der Waals surface area contributed by atoms with Crippen LogP contribution in [0.4, 0.5) is 0 Å². The van der Waals surface area contributed by atoms with Gasteiger partial charge in [0.15, 0.2) is 0 Å². The molecule has 0 aromatic rings. The number of aliphatic imine (C=N–C) groups is 1. The van der Waals surface area contributed by atoms with Crippen molar-refractivity contribution < 1.29 is 0 Å². The van der Waals surface area contributed by atoms with Crippen LogP contribution in [-0.4, -0.2) is 36.9 Å². The van der Waals surface area contributed by atoms with Gasteiger partial charge in [-0.15, -0.1) is 0 Å². The molecule has 146 valence electrons. The first kappa shape index (κ1) is 22.2. The van der Waals surface area contributed by atoms with Crippen LogP contribution in [0, 0.1) is 0 Å². The number of hydrogen-bond donors (Lipinski definition) is 1. The van der Waals surface area contributed by atoms with E-state index < -0.39 is 0 Å². The summed E-state index contributed by atoms with van der Waals surface area (Å²) >= 11 is 0. The smallest absolute Gasteiger partial charge is 0.103 e. The number of nitrogens with zero attached hydrogens (tertiary/aromatic N) is 2. The quantitative estimate of drug-likeness (QED) is 0.270. The van der Waals surface area contributed by atoms with Gasteiger partial charge in [-0.1, -0.05) is 89.7 Å². The third-order valence-electron chi connectivity index (χ3n) is 5.12. The first-order valence-corrected chi connectivity index (χ1v) is 11.0. The van der Waals surface area contributed by atoms with Gasteiger partial charge in [-0.2, -0.15) is 0 Å². The van der Waals surface area contributed by atoms with Gasteiger partial charge in [-0.3, -0.25) is 4.99 Å². The lowest BCUT2D eigenvalue weighted by atomic mass is 10.0. The molecule has 3 heteroatoms. The highest BCUT2D eigenvalue weighted by molar-refractivity contribution is 5.85. The number of amidine groups is 1. The van der Waals surface area contributed by atoms with Gasteiger partial charge in [-0.25, -0.2) is 0 Å². The summed E-state index contributed by atoms with van der Waals surface area (Å²) in [6.07, 6.45) is 23.9. The fourth-order valence-corrected chi connectivity index (χ4v) is 3.53. The molecule has 2 N–H and O–H groups in total. The molecule has 0 fully saturated rings. The van der Waals surface area contributed by atoms with Crippen LogP contribution in [0.15, 0.2) is 17.1 Å². The number of allylic oxidation sites excluding steroid dienone is 1. The van der Waals surface area contributed by atoms with Crippen LogP contribution in [0.25, 0.3) is 0 Å². The molecule has 0 unspecified atom stereocenters. The molecule has 0 bridgehead atoms. The summed E-state index contributed by atoms with van der Waals surface area (Å²) in [6.45, 7) is 5.96. The molecule has 1 aliphatic rings. The first-order valence-electron chi connectivity index (χ1n) is 11.0. The Morgan fingerprint density at radius 1 is 0.880 bits per heavy atom. The van der Waals surface area contributed by atoms with E-state index in [1.807, 2.05) is 0 Å². The summed E-state index contributed by atoms with van der Waals surface area (Å²) < 4.78 is 0. The molecule has 1 rings (SSSR count). The number of rotatable bonds is 17. The molecule has 0 amide bonds. The lowest BCUT2D eigenvalue weighted by Crippen LogP contribution is -2.32. The Hall–Kier alpha value is -0.830. The minimum atomic E-state index is 0.724. The normalized spacial score (nSPS) is 14.6. The molecule has 0 aromatic heterocycles. The molecule has 25 heavy (non-hydrogen) atoms. The van der Waals surface area contributed by atoms with E-state index in [1.54, 1.807) is 0 Å². The maximum atomic E-state index is 5.64. The average molecular weight is 350 g/mol. The maximum Gasteiger partial charge on any atom is 0.103 e. The summed E-state index contributed by atoms with van der Waals surface area (Å²) in [6, 6.07) is 0. The van der Waals surface area contributed by atoms with Gasteiger partial charge < -0.3 is 10.6 Å². The first-order chi connectivity index (χ1) is 12.4. The monoisotopic (exact) mass is 349 g/mol. The Kier molecular flexibility index (Phi) is 14.8. The van der Waals surface area contributed by atoms with Crippen molar-refractivity contribution in [3.63, 3.8) is 0 Å². The zero-order chi connectivity index (χ0) is 18.0. The lowest BCUT2D eigenvalue weighted by molar-refractivity contribution is 0.462. The van der Waals surface area contributed by atoms with Crippen LogP contribution >= 0.6 is 0 Å². The van der Waals surface area contributed by atoms with Gasteiger partial charge in [0.05, 0.1) is 6.54 Å². The lowest BCUT2D eigenvalue weighted by Gasteiger charge is -2.18. The second-order valence-electron chi connectivity index (χ2n) is 7.43. The van der Waals surface area contributed by atoms with Crippen LogP contribution in [0.5, 0.6) is 0 Å². The van der Waals surface area contributed by atoms with Crippen molar-refractivity contribution in [3.8, 4) is 0 Å². The highest BCUT2D eigenvalue weighted by atomic mass is 15.2. The maximum absolute atomic E-state index is 5.64. The highest BCUT2D eigenvalue weighted by Crippen LogP contribution is 2.13. The molecular weight excluding hydrogens is 306 g/mol. The highest BCUT2D eigenvalue weighted by Gasteiger charge is 2.13. The fraction of sp³-hybridized carbons (Fsp3) is 0.864. The van der Waals surface area contributed by atoms with Crippen LogP contribution in [0.3, 0.4) is 0 Å². The van der Waals surface area contributed by atoms with Crippen molar-refractivity contribution in [2.45, 2.75) is 96.8 Å². The van der Waals surface area contributed by atoms with Crippen LogP contribution < -0.4 is 5.73 Å². The predicted molar refractivity (Wildman–Crippen MR) is 112 cm³/mol. The third-order valence-corrected chi connectivity index (χ3v) is 5.12.